The highest BCUT2D eigenvalue weighted by Gasteiger charge is 2.10. The summed E-state index contributed by atoms with van der Waals surface area (Å²) in [5, 5.41) is 9.74. The van der Waals surface area contributed by atoms with Crippen LogP contribution in [0.5, 0.6) is 5.75 Å². The molecule has 0 amide bonds. The third-order valence-corrected chi connectivity index (χ3v) is 4.49. The van der Waals surface area contributed by atoms with Crippen LogP contribution in [0.1, 0.15) is 25.5 Å². The average molecular weight is 293 g/mol. The molecular formula is C12H17ClO4S. The van der Waals surface area contributed by atoms with Gasteiger partial charge in [0.05, 0.1) is 16.9 Å². The molecule has 0 spiro atoms. The van der Waals surface area contributed by atoms with E-state index < -0.39 is 15.9 Å². The number of aliphatic hydroxyl groups excluding tert-OH is 1. The van der Waals surface area contributed by atoms with Gasteiger partial charge in [0.15, 0.2) is 9.84 Å². The molecule has 6 heteroatoms. The van der Waals surface area contributed by atoms with E-state index in [4.69, 9.17) is 16.3 Å². The van der Waals surface area contributed by atoms with Crippen molar-refractivity contribution in [2.75, 3.05) is 18.1 Å². The molecule has 1 aromatic rings. The fourth-order valence-electron chi connectivity index (χ4n) is 1.32. The van der Waals surface area contributed by atoms with Crippen molar-refractivity contribution in [3.8, 4) is 5.75 Å². The number of sulfone groups is 1. The molecule has 1 N–H and O–H groups in total. The first-order valence-electron chi connectivity index (χ1n) is 5.66. The van der Waals surface area contributed by atoms with E-state index in [9.17, 15) is 13.5 Å². The van der Waals surface area contributed by atoms with Crippen LogP contribution in [0.15, 0.2) is 18.2 Å². The van der Waals surface area contributed by atoms with Crippen molar-refractivity contribution in [1.29, 1.82) is 0 Å². The second kappa shape index (κ2) is 6.41. The van der Waals surface area contributed by atoms with Crippen molar-refractivity contribution in [1.82, 2.24) is 0 Å². The predicted molar refractivity (Wildman–Crippen MR) is 71.9 cm³/mol. The molecule has 102 valence electrons. The predicted octanol–water partition coefficient (Wildman–Crippen LogP) is 2.21. The van der Waals surface area contributed by atoms with Crippen LogP contribution in [0.3, 0.4) is 0 Å². The summed E-state index contributed by atoms with van der Waals surface area (Å²) in [7, 11) is -3.03. The van der Waals surface area contributed by atoms with Gasteiger partial charge in [-0.25, -0.2) is 8.42 Å². The van der Waals surface area contributed by atoms with Gasteiger partial charge in [-0.1, -0.05) is 24.6 Å². The van der Waals surface area contributed by atoms with Crippen molar-refractivity contribution in [3.63, 3.8) is 0 Å². The Balaban J connectivity index is 2.64. The first-order valence-corrected chi connectivity index (χ1v) is 7.86. The first kappa shape index (κ1) is 15.3. The van der Waals surface area contributed by atoms with Gasteiger partial charge in [0.25, 0.3) is 0 Å². The second-order valence-electron chi connectivity index (χ2n) is 3.95. The SMILES string of the molecule is CCS(=O)(=O)CCOc1ccc(C(C)O)cc1Cl. The van der Waals surface area contributed by atoms with Gasteiger partial charge < -0.3 is 9.84 Å². The Bertz CT molecular complexity index is 497. The molecule has 1 unspecified atom stereocenters. The lowest BCUT2D eigenvalue weighted by Crippen LogP contribution is -2.15. The van der Waals surface area contributed by atoms with E-state index in [0.717, 1.165) is 0 Å². The lowest BCUT2D eigenvalue weighted by atomic mass is 10.1. The highest BCUT2D eigenvalue weighted by Crippen LogP contribution is 2.27. The maximum Gasteiger partial charge on any atom is 0.153 e. The Kier molecular flexibility index (Phi) is 5.44. The Morgan fingerprint density at radius 2 is 2.11 bits per heavy atom. The molecule has 4 nitrogen and oxygen atoms in total. The van der Waals surface area contributed by atoms with E-state index in [0.29, 0.717) is 16.3 Å². The lowest BCUT2D eigenvalue weighted by Gasteiger charge is -2.10. The zero-order valence-electron chi connectivity index (χ0n) is 10.4. The zero-order valence-corrected chi connectivity index (χ0v) is 12.0. The Morgan fingerprint density at radius 1 is 1.44 bits per heavy atom. The molecule has 0 saturated heterocycles. The maximum atomic E-state index is 11.3. The van der Waals surface area contributed by atoms with Crippen LogP contribution < -0.4 is 4.74 Å². The molecule has 0 bridgehead atoms. The van der Waals surface area contributed by atoms with E-state index in [-0.39, 0.29) is 18.1 Å². The normalized spacial score (nSPS) is 13.3. The zero-order chi connectivity index (χ0) is 13.8. The van der Waals surface area contributed by atoms with Crippen molar-refractivity contribution in [2.24, 2.45) is 0 Å². The largest absolute Gasteiger partial charge is 0.491 e. The Labute approximate surface area is 112 Å². The molecule has 0 aromatic heterocycles. The van der Waals surface area contributed by atoms with Crippen LogP contribution in [0.4, 0.5) is 0 Å². The number of benzene rings is 1. The summed E-state index contributed by atoms with van der Waals surface area (Å²) < 4.78 is 27.9. The topological polar surface area (TPSA) is 63.6 Å². The number of rotatable bonds is 6. The van der Waals surface area contributed by atoms with Gasteiger partial charge in [0.1, 0.15) is 12.4 Å². The molecule has 1 aromatic carbocycles. The minimum atomic E-state index is -3.03. The molecule has 0 fully saturated rings. The molecule has 1 rings (SSSR count). The molecule has 1 atom stereocenters. The van der Waals surface area contributed by atoms with Crippen molar-refractivity contribution in [2.45, 2.75) is 20.0 Å². The van der Waals surface area contributed by atoms with E-state index in [2.05, 4.69) is 0 Å². The number of halogens is 1. The van der Waals surface area contributed by atoms with Crippen LogP contribution in [0, 0.1) is 0 Å². The highest BCUT2D eigenvalue weighted by atomic mass is 35.5. The summed E-state index contributed by atoms with van der Waals surface area (Å²) in [4.78, 5) is 0. The molecule has 0 aliphatic heterocycles. The van der Waals surface area contributed by atoms with Crippen molar-refractivity contribution in [3.05, 3.63) is 28.8 Å². The van der Waals surface area contributed by atoms with Crippen molar-refractivity contribution >= 4 is 21.4 Å². The maximum absolute atomic E-state index is 11.3. The molecule has 0 radical (unpaired) electrons. The molecule has 0 aliphatic carbocycles. The van der Waals surface area contributed by atoms with Crippen LogP contribution in [-0.2, 0) is 9.84 Å². The van der Waals surface area contributed by atoms with E-state index in [1.54, 1.807) is 32.0 Å². The van der Waals surface area contributed by atoms with Gasteiger partial charge in [-0.2, -0.15) is 0 Å². The summed E-state index contributed by atoms with van der Waals surface area (Å²) in [6, 6.07) is 4.93. The van der Waals surface area contributed by atoms with Gasteiger partial charge in [-0.3, -0.25) is 0 Å². The highest BCUT2D eigenvalue weighted by molar-refractivity contribution is 7.91. The molecule has 0 heterocycles. The van der Waals surface area contributed by atoms with Crippen LogP contribution >= 0.6 is 11.6 Å². The van der Waals surface area contributed by atoms with Crippen LogP contribution in [0.2, 0.25) is 5.02 Å². The van der Waals surface area contributed by atoms with E-state index >= 15 is 0 Å². The number of hydrogen-bond acceptors (Lipinski definition) is 4. The van der Waals surface area contributed by atoms with Crippen LogP contribution in [-0.4, -0.2) is 31.6 Å². The van der Waals surface area contributed by atoms with Gasteiger partial charge in [-0.15, -0.1) is 0 Å². The van der Waals surface area contributed by atoms with E-state index in [1.165, 1.54) is 0 Å². The molecule has 0 aliphatic rings. The van der Waals surface area contributed by atoms with E-state index in [1.807, 2.05) is 0 Å². The Hall–Kier alpha value is -0.780. The number of ether oxygens (including phenoxy) is 1. The fourth-order valence-corrected chi connectivity index (χ4v) is 2.19. The third-order valence-electron chi connectivity index (χ3n) is 2.53. The summed E-state index contributed by atoms with van der Waals surface area (Å²) in [5.41, 5.74) is 0.688. The monoisotopic (exact) mass is 292 g/mol. The average Bonchev–Trinajstić information content (AvgIpc) is 2.31. The molecule has 18 heavy (non-hydrogen) atoms. The molecular weight excluding hydrogens is 276 g/mol. The standard InChI is InChI=1S/C12H17ClO4S/c1-3-18(15,16)7-6-17-12-5-4-10(9(2)14)8-11(12)13/h4-5,8-9,14H,3,6-7H2,1-2H3. The van der Waals surface area contributed by atoms with Gasteiger partial charge >= 0.3 is 0 Å². The van der Waals surface area contributed by atoms with Crippen LogP contribution in [0.25, 0.3) is 0 Å². The first-order chi connectivity index (χ1) is 8.35. The van der Waals surface area contributed by atoms with Gasteiger partial charge in [0.2, 0.25) is 0 Å². The Morgan fingerprint density at radius 3 is 2.61 bits per heavy atom. The smallest absolute Gasteiger partial charge is 0.153 e. The minimum absolute atomic E-state index is 0.0298. The number of aliphatic hydroxyl groups is 1. The summed E-state index contributed by atoms with van der Waals surface area (Å²) in [6.45, 7) is 3.31. The van der Waals surface area contributed by atoms with Gasteiger partial charge in [-0.05, 0) is 24.6 Å². The molecule has 0 saturated carbocycles. The minimum Gasteiger partial charge on any atom is -0.491 e. The number of hydrogen-bond donors (Lipinski definition) is 1. The second-order valence-corrected chi connectivity index (χ2v) is 6.83. The van der Waals surface area contributed by atoms with Gasteiger partial charge in [0, 0.05) is 5.75 Å². The lowest BCUT2D eigenvalue weighted by molar-refractivity contribution is 0.199. The van der Waals surface area contributed by atoms with Crippen molar-refractivity contribution < 1.29 is 18.3 Å². The summed E-state index contributed by atoms with van der Waals surface area (Å²) in [5.74, 6) is 0.496. The fraction of sp³-hybridized carbons (Fsp3) is 0.500. The third kappa shape index (κ3) is 4.48. The quantitative estimate of drug-likeness (QED) is 0.873. The summed E-state index contributed by atoms with van der Waals surface area (Å²) in [6.07, 6.45) is -0.600. The summed E-state index contributed by atoms with van der Waals surface area (Å²) >= 11 is 5.97.